The molecule has 19 heavy (non-hydrogen) atoms. The molecule has 1 aromatic rings. The lowest BCUT2D eigenvalue weighted by Gasteiger charge is -2.12. The number of rotatable bonds is 8. The standard InChI is InChI=1S/C13H17NO3S2/c1-10(15)14-12(13(16)17)9-19-18-8-7-11-5-3-2-4-6-11/h2-6,12H,7-9H2,1H3,(H,14,15)(H,16,17). The van der Waals surface area contributed by atoms with Gasteiger partial charge in [0.1, 0.15) is 6.04 Å². The Balaban J connectivity index is 2.18. The van der Waals surface area contributed by atoms with Gasteiger partial charge in [0.05, 0.1) is 0 Å². The van der Waals surface area contributed by atoms with E-state index >= 15 is 0 Å². The first kappa shape index (κ1) is 15.9. The molecule has 0 aliphatic carbocycles. The number of carbonyl (C=O) groups excluding carboxylic acids is 1. The summed E-state index contributed by atoms with van der Waals surface area (Å²) in [4.78, 5) is 21.7. The zero-order valence-electron chi connectivity index (χ0n) is 10.7. The van der Waals surface area contributed by atoms with E-state index in [1.165, 1.54) is 23.3 Å². The molecule has 1 rings (SSSR count). The number of aryl methyl sites for hydroxylation is 1. The monoisotopic (exact) mass is 299 g/mol. The summed E-state index contributed by atoms with van der Waals surface area (Å²) in [6.07, 6.45) is 0.955. The molecule has 0 aliphatic rings. The third-order valence-corrected chi connectivity index (χ3v) is 4.73. The fourth-order valence-corrected chi connectivity index (χ4v) is 3.59. The molecule has 0 radical (unpaired) electrons. The van der Waals surface area contributed by atoms with Crippen LogP contribution in [0.3, 0.4) is 0 Å². The van der Waals surface area contributed by atoms with Crippen LogP contribution in [0.5, 0.6) is 0 Å². The summed E-state index contributed by atoms with van der Waals surface area (Å²) in [6, 6.07) is 9.32. The molecular weight excluding hydrogens is 282 g/mol. The lowest BCUT2D eigenvalue weighted by atomic mass is 10.2. The summed E-state index contributed by atoms with van der Waals surface area (Å²) in [6.45, 7) is 1.32. The number of aliphatic carboxylic acids is 1. The van der Waals surface area contributed by atoms with Crippen molar-refractivity contribution in [3.63, 3.8) is 0 Å². The third-order valence-electron chi connectivity index (χ3n) is 2.31. The van der Waals surface area contributed by atoms with Crippen LogP contribution in [0.2, 0.25) is 0 Å². The summed E-state index contributed by atoms with van der Waals surface area (Å²) in [5.74, 6) is -0.0243. The first-order valence-corrected chi connectivity index (χ1v) is 8.36. The quantitative estimate of drug-likeness (QED) is 0.569. The zero-order valence-corrected chi connectivity index (χ0v) is 12.3. The maximum Gasteiger partial charge on any atom is 0.327 e. The van der Waals surface area contributed by atoms with E-state index in [0.29, 0.717) is 5.75 Å². The van der Waals surface area contributed by atoms with Gasteiger partial charge in [-0.2, -0.15) is 0 Å². The Morgan fingerprint density at radius 1 is 1.26 bits per heavy atom. The second kappa shape index (κ2) is 8.87. The molecule has 0 fully saturated rings. The molecule has 0 aromatic heterocycles. The number of nitrogens with one attached hydrogen (secondary N) is 1. The van der Waals surface area contributed by atoms with Crippen molar-refractivity contribution in [1.29, 1.82) is 0 Å². The van der Waals surface area contributed by atoms with Crippen LogP contribution < -0.4 is 5.32 Å². The van der Waals surface area contributed by atoms with Gasteiger partial charge in [0.25, 0.3) is 0 Å². The Bertz CT molecular complexity index is 412. The molecule has 4 nitrogen and oxygen atoms in total. The Kier molecular flexibility index (Phi) is 7.43. The molecule has 104 valence electrons. The number of hydrogen-bond acceptors (Lipinski definition) is 4. The number of carbonyl (C=O) groups is 2. The van der Waals surface area contributed by atoms with E-state index in [-0.39, 0.29) is 5.91 Å². The van der Waals surface area contributed by atoms with Crippen LogP contribution in [0.15, 0.2) is 30.3 Å². The van der Waals surface area contributed by atoms with Gasteiger partial charge >= 0.3 is 5.97 Å². The number of benzene rings is 1. The molecule has 0 bridgehead atoms. The Morgan fingerprint density at radius 2 is 1.95 bits per heavy atom. The van der Waals surface area contributed by atoms with Crippen molar-refractivity contribution >= 4 is 33.5 Å². The summed E-state index contributed by atoms with van der Waals surface area (Å²) in [5.41, 5.74) is 1.27. The van der Waals surface area contributed by atoms with E-state index in [0.717, 1.165) is 12.2 Å². The fourth-order valence-electron chi connectivity index (χ4n) is 1.40. The van der Waals surface area contributed by atoms with E-state index < -0.39 is 12.0 Å². The van der Waals surface area contributed by atoms with Crippen LogP contribution in [0.4, 0.5) is 0 Å². The van der Waals surface area contributed by atoms with Crippen molar-refractivity contribution in [2.75, 3.05) is 11.5 Å². The maximum atomic E-state index is 10.9. The highest BCUT2D eigenvalue weighted by molar-refractivity contribution is 8.76. The molecule has 0 spiro atoms. The van der Waals surface area contributed by atoms with Crippen LogP contribution in [-0.2, 0) is 16.0 Å². The van der Waals surface area contributed by atoms with E-state index in [1.807, 2.05) is 18.2 Å². The van der Waals surface area contributed by atoms with Gasteiger partial charge in [0.15, 0.2) is 0 Å². The molecule has 1 amide bonds. The van der Waals surface area contributed by atoms with Crippen molar-refractivity contribution in [3.05, 3.63) is 35.9 Å². The molecule has 0 saturated heterocycles. The van der Waals surface area contributed by atoms with Gasteiger partial charge < -0.3 is 10.4 Å². The Labute approximate surface area is 120 Å². The minimum atomic E-state index is -0.994. The minimum absolute atomic E-state index is 0.317. The Morgan fingerprint density at radius 3 is 2.53 bits per heavy atom. The molecule has 1 atom stereocenters. The average molecular weight is 299 g/mol. The van der Waals surface area contributed by atoms with Gasteiger partial charge in [-0.25, -0.2) is 4.79 Å². The number of carboxylic acid groups (broad SMARTS) is 1. The highest BCUT2D eigenvalue weighted by atomic mass is 33.1. The predicted octanol–water partition coefficient (Wildman–Crippen LogP) is 2.20. The molecule has 0 heterocycles. The maximum absolute atomic E-state index is 10.9. The second-order valence-electron chi connectivity index (χ2n) is 3.93. The van der Waals surface area contributed by atoms with Crippen molar-refractivity contribution in [2.24, 2.45) is 0 Å². The molecule has 0 saturated carbocycles. The zero-order chi connectivity index (χ0) is 14.1. The van der Waals surface area contributed by atoms with Gasteiger partial charge in [0, 0.05) is 18.4 Å². The van der Waals surface area contributed by atoms with Gasteiger partial charge in [-0.3, -0.25) is 4.79 Å². The van der Waals surface area contributed by atoms with Crippen molar-refractivity contribution in [1.82, 2.24) is 5.32 Å². The van der Waals surface area contributed by atoms with E-state index in [2.05, 4.69) is 17.4 Å². The summed E-state index contributed by atoms with van der Waals surface area (Å²) >= 11 is 0. The van der Waals surface area contributed by atoms with Gasteiger partial charge in [-0.05, 0) is 12.0 Å². The normalized spacial score (nSPS) is 11.8. The van der Waals surface area contributed by atoms with Gasteiger partial charge in [0.2, 0.25) is 5.91 Å². The lowest BCUT2D eigenvalue weighted by molar-refractivity contribution is -0.140. The largest absolute Gasteiger partial charge is 0.480 e. The predicted molar refractivity (Wildman–Crippen MR) is 80.3 cm³/mol. The summed E-state index contributed by atoms with van der Waals surface area (Å²) in [7, 11) is 3.09. The topological polar surface area (TPSA) is 66.4 Å². The smallest absolute Gasteiger partial charge is 0.327 e. The first-order chi connectivity index (χ1) is 9.09. The van der Waals surface area contributed by atoms with Crippen LogP contribution in [-0.4, -0.2) is 34.5 Å². The Hall–Kier alpha value is -1.14. The molecule has 6 heteroatoms. The highest BCUT2D eigenvalue weighted by Gasteiger charge is 2.17. The van der Waals surface area contributed by atoms with E-state index in [1.54, 1.807) is 10.8 Å². The molecule has 1 aromatic carbocycles. The van der Waals surface area contributed by atoms with E-state index in [4.69, 9.17) is 5.11 Å². The van der Waals surface area contributed by atoms with Crippen molar-refractivity contribution < 1.29 is 14.7 Å². The van der Waals surface area contributed by atoms with Crippen LogP contribution >= 0.6 is 21.6 Å². The van der Waals surface area contributed by atoms with Gasteiger partial charge in [-0.1, -0.05) is 51.9 Å². The molecule has 1 unspecified atom stereocenters. The van der Waals surface area contributed by atoms with Crippen molar-refractivity contribution in [2.45, 2.75) is 19.4 Å². The number of carboxylic acids is 1. The molecular formula is C13H17NO3S2. The summed E-state index contributed by atoms with van der Waals surface area (Å²) < 4.78 is 0. The van der Waals surface area contributed by atoms with Crippen LogP contribution in [0, 0.1) is 0 Å². The summed E-state index contributed by atoms with van der Waals surface area (Å²) in [5, 5.41) is 11.3. The molecule has 2 N–H and O–H groups in total. The first-order valence-electron chi connectivity index (χ1n) is 5.88. The average Bonchev–Trinajstić information content (AvgIpc) is 2.37. The van der Waals surface area contributed by atoms with E-state index in [9.17, 15) is 9.59 Å². The van der Waals surface area contributed by atoms with Crippen molar-refractivity contribution in [3.8, 4) is 0 Å². The van der Waals surface area contributed by atoms with Gasteiger partial charge in [-0.15, -0.1) is 0 Å². The second-order valence-corrected chi connectivity index (χ2v) is 6.56. The fraction of sp³-hybridized carbons (Fsp3) is 0.385. The third kappa shape index (κ3) is 7.12. The number of amides is 1. The lowest BCUT2D eigenvalue weighted by Crippen LogP contribution is -2.41. The van der Waals surface area contributed by atoms with Crippen LogP contribution in [0.1, 0.15) is 12.5 Å². The van der Waals surface area contributed by atoms with Crippen LogP contribution in [0.25, 0.3) is 0 Å². The highest BCUT2D eigenvalue weighted by Crippen LogP contribution is 2.23. The SMILES string of the molecule is CC(=O)NC(CSSCCc1ccccc1)C(=O)O. The minimum Gasteiger partial charge on any atom is -0.480 e. The molecule has 0 aliphatic heterocycles. The number of hydrogen-bond donors (Lipinski definition) is 2.